The lowest BCUT2D eigenvalue weighted by atomic mass is 10.0. The van der Waals surface area contributed by atoms with Gasteiger partial charge in [0.1, 0.15) is 17.6 Å². The molecular weight excluding hydrogens is 443 g/mol. The Labute approximate surface area is 206 Å². The Morgan fingerprint density at radius 3 is 2.23 bits per heavy atom. The maximum Gasteiger partial charge on any atom is 0.261 e. The van der Waals surface area contributed by atoms with Crippen molar-refractivity contribution in [1.82, 2.24) is 10.2 Å². The third kappa shape index (κ3) is 7.67. The normalized spacial score (nSPS) is 12.0. The zero-order valence-electron chi connectivity index (χ0n) is 20.8. The molecule has 1 atom stereocenters. The van der Waals surface area contributed by atoms with Crippen molar-refractivity contribution in [2.75, 3.05) is 6.61 Å². The van der Waals surface area contributed by atoms with Gasteiger partial charge in [0.25, 0.3) is 5.91 Å². The van der Waals surface area contributed by atoms with Gasteiger partial charge < -0.3 is 15.0 Å². The second kappa shape index (κ2) is 11.6. The van der Waals surface area contributed by atoms with Crippen LogP contribution in [0.15, 0.2) is 78.9 Å². The minimum absolute atomic E-state index is 0.0578. The molecular formula is C29H33FN2O3. The van der Waals surface area contributed by atoms with Crippen LogP contribution in [0.2, 0.25) is 0 Å². The van der Waals surface area contributed by atoms with Gasteiger partial charge in [0, 0.05) is 24.1 Å². The number of nitrogens with one attached hydrogen (secondary N) is 1. The molecule has 0 unspecified atom stereocenters. The van der Waals surface area contributed by atoms with Crippen LogP contribution in [-0.2, 0) is 22.6 Å². The summed E-state index contributed by atoms with van der Waals surface area (Å²) in [5, 5.41) is 2.99. The van der Waals surface area contributed by atoms with Crippen molar-refractivity contribution in [2.45, 2.75) is 52.2 Å². The highest BCUT2D eigenvalue weighted by molar-refractivity contribution is 5.89. The Morgan fingerprint density at radius 1 is 0.943 bits per heavy atom. The number of benzene rings is 3. The Morgan fingerprint density at radius 2 is 1.57 bits per heavy atom. The summed E-state index contributed by atoms with van der Waals surface area (Å²) in [5.74, 6) is -0.548. The van der Waals surface area contributed by atoms with Crippen molar-refractivity contribution in [3.8, 4) is 5.75 Å². The molecule has 0 aliphatic rings. The van der Waals surface area contributed by atoms with Gasteiger partial charge in [0.15, 0.2) is 6.61 Å². The lowest BCUT2D eigenvalue weighted by Gasteiger charge is -2.33. The highest BCUT2D eigenvalue weighted by Crippen LogP contribution is 2.20. The van der Waals surface area contributed by atoms with Crippen molar-refractivity contribution >= 4 is 11.8 Å². The minimum Gasteiger partial charge on any atom is -0.484 e. The molecule has 0 spiro atoms. The molecule has 3 rings (SSSR count). The fraction of sp³-hybridized carbons (Fsp3) is 0.310. The van der Waals surface area contributed by atoms with Gasteiger partial charge in [0.2, 0.25) is 5.91 Å². The van der Waals surface area contributed by atoms with Crippen LogP contribution < -0.4 is 10.1 Å². The molecule has 0 bridgehead atoms. The summed E-state index contributed by atoms with van der Waals surface area (Å²) in [7, 11) is 0. The van der Waals surface area contributed by atoms with E-state index in [1.807, 2.05) is 76.2 Å². The second-order valence-corrected chi connectivity index (χ2v) is 9.61. The Balaban J connectivity index is 1.95. The molecule has 3 aromatic rings. The zero-order valence-corrected chi connectivity index (χ0v) is 20.8. The van der Waals surface area contributed by atoms with Gasteiger partial charge in [0.05, 0.1) is 0 Å². The van der Waals surface area contributed by atoms with Crippen LogP contribution in [0.1, 0.15) is 37.5 Å². The average molecular weight is 477 g/mol. The first-order valence-electron chi connectivity index (χ1n) is 11.7. The fourth-order valence-electron chi connectivity index (χ4n) is 3.76. The number of nitrogens with zero attached hydrogens (tertiary/aromatic N) is 1. The van der Waals surface area contributed by atoms with Crippen LogP contribution in [0.3, 0.4) is 0 Å². The molecule has 184 valence electrons. The van der Waals surface area contributed by atoms with Gasteiger partial charge in [-0.25, -0.2) is 4.39 Å². The summed E-state index contributed by atoms with van der Waals surface area (Å²) >= 11 is 0. The number of carbonyl (C=O) groups excluding carboxylic acids is 2. The summed E-state index contributed by atoms with van der Waals surface area (Å²) in [5.41, 5.74) is 1.62. The van der Waals surface area contributed by atoms with Crippen molar-refractivity contribution < 1.29 is 18.7 Å². The number of halogens is 1. The molecule has 0 radical (unpaired) electrons. The molecule has 5 nitrogen and oxygen atoms in total. The number of ether oxygens (including phenoxy) is 1. The lowest BCUT2D eigenvalue weighted by Crippen LogP contribution is -2.55. The molecule has 0 heterocycles. The van der Waals surface area contributed by atoms with Gasteiger partial charge >= 0.3 is 0 Å². The van der Waals surface area contributed by atoms with Crippen molar-refractivity contribution in [1.29, 1.82) is 0 Å². The molecule has 0 fully saturated rings. The minimum atomic E-state index is -0.857. The first-order chi connectivity index (χ1) is 16.6. The van der Waals surface area contributed by atoms with Gasteiger partial charge in [-0.15, -0.1) is 0 Å². The molecule has 0 saturated heterocycles. The van der Waals surface area contributed by atoms with E-state index in [-0.39, 0.29) is 25.5 Å². The lowest BCUT2D eigenvalue weighted by molar-refractivity contribution is -0.143. The van der Waals surface area contributed by atoms with Crippen LogP contribution in [-0.4, -0.2) is 34.9 Å². The number of para-hydroxylation sites is 1. The molecule has 0 aliphatic carbocycles. The molecule has 0 aliphatic heterocycles. The number of hydrogen-bond donors (Lipinski definition) is 1. The maximum absolute atomic E-state index is 14.6. The van der Waals surface area contributed by atoms with Gasteiger partial charge in [-0.3, -0.25) is 9.59 Å². The first-order valence-corrected chi connectivity index (χ1v) is 11.7. The van der Waals surface area contributed by atoms with E-state index in [0.29, 0.717) is 11.3 Å². The number of aryl methyl sites for hydroxylation is 1. The largest absolute Gasteiger partial charge is 0.484 e. The van der Waals surface area contributed by atoms with Crippen LogP contribution in [0, 0.1) is 12.7 Å². The Kier molecular flexibility index (Phi) is 8.63. The van der Waals surface area contributed by atoms with Crippen LogP contribution in [0.4, 0.5) is 4.39 Å². The molecule has 1 N–H and O–H groups in total. The molecule has 6 heteroatoms. The number of rotatable bonds is 9. The molecule has 35 heavy (non-hydrogen) atoms. The van der Waals surface area contributed by atoms with Crippen molar-refractivity contribution in [2.24, 2.45) is 0 Å². The number of carbonyl (C=O) groups is 2. The SMILES string of the molecule is Cc1ccccc1OCC(=O)N(Cc1ccccc1F)[C@@H](Cc1ccccc1)C(=O)NC(C)(C)C. The smallest absolute Gasteiger partial charge is 0.261 e. The van der Waals surface area contributed by atoms with Crippen molar-refractivity contribution in [3.05, 3.63) is 101 Å². The molecule has 0 aromatic heterocycles. The quantitative estimate of drug-likeness (QED) is 0.469. The number of hydrogen-bond acceptors (Lipinski definition) is 3. The highest BCUT2D eigenvalue weighted by Gasteiger charge is 2.33. The average Bonchev–Trinajstić information content (AvgIpc) is 2.81. The van der Waals surface area contributed by atoms with E-state index in [1.165, 1.54) is 11.0 Å². The van der Waals surface area contributed by atoms with Gasteiger partial charge in [-0.1, -0.05) is 66.7 Å². The predicted molar refractivity (Wildman–Crippen MR) is 135 cm³/mol. The van der Waals surface area contributed by atoms with Gasteiger partial charge in [-0.2, -0.15) is 0 Å². The summed E-state index contributed by atoms with van der Waals surface area (Å²) in [4.78, 5) is 28.4. The van der Waals surface area contributed by atoms with E-state index in [2.05, 4.69) is 5.32 Å². The fourth-order valence-corrected chi connectivity index (χ4v) is 3.76. The van der Waals surface area contributed by atoms with E-state index >= 15 is 0 Å². The summed E-state index contributed by atoms with van der Waals surface area (Å²) in [6.45, 7) is 7.22. The standard InChI is InChI=1S/C29H33FN2O3/c1-21-12-8-11-17-26(21)35-20-27(33)32(19-23-15-9-10-16-24(23)30)25(28(34)31-29(2,3)4)18-22-13-6-5-7-14-22/h5-17,25H,18-20H2,1-4H3,(H,31,34)/t25-/m0/s1. The summed E-state index contributed by atoms with van der Waals surface area (Å²) in [6.07, 6.45) is 0.285. The first kappa shape index (κ1) is 25.9. The summed E-state index contributed by atoms with van der Waals surface area (Å²) < 4.78 is 20.4. The van der Waals surface area contributed by atoms with Crippen molar-refractivity contribution in [3.63, 3.8) is 0 Å². The number of amides is 2. The van der Waals surface area contributed by atoms with Crippen LogP contribution in [0.25, 0.3) is 0 Å². The molecule has 2 amide bonds. The van der Waals surface area contributed by atoms with E-state index in [4.69, 9.17) is 4.74 Å². The monoisotopic (exact) mass is 476 g/mol. The van der Waals surface area contributed by atoms with E-state index in [0.717, 1.165) is 11.1 Å². The third-order valence-corrected chi connectivity index (χ3v) is 5.51. The zero-order chi connectivity index (χ0) is 25.4. The maximum atomic E-state index is 14.6. The van der Waals surface area contributed by atoms with E-state index in [9.17, 15) is 14.0 Å². The third-order valence-electron chi connectivity index (χ3n) is 5.51. The van der Waals surface area contributed by atoms with E-state index < -0.39 is 23.3 Å². The predicted octanol–water partition coefficient (Wildman–Crippen LogP) is 5.07. The summed E-state index contributed by atoms with van der Waals surface area (Å²) in [6, 6.07) is 22.3. The Hall–Kier alpha value is -3.67. The highest BCUT2D eigenvalue weighted by atomic mass is 19.1. The second-order valence-electron chi connectivity index (χ2n) is 9.61. The van der Waals surface area contributed by atoms with Gasteiger partial charge in [-0.05, 0) is 51.0 Å². The van der Waals surface area contributed by atoms with Crippen LogP contribution >= 0.6 is 0 Å². The molecule has 3 aromatic carbocycles. The molecule has 0 saturated carbocycles. The van der Waals surface area contributed by atoms with Crippen LogP contribution in [0.5, 0.6) is 5.75 Å². The Bertz CT molecular complexity index is 1140. The van der Waals surface area contributed by atoms with E-state index in [1.54, 1.807) is 24.3 Å². The topological polar surface area (TPSA) is 58.6 Å².